The van der Waals surface area contributed by atoms with Crippen LogP contribution in [0.25, 0.3) is 0 Å². The first-order valence-corrected chi connectivity index (χ1v) is 5.11. The Morgan fingerprint density at radius 3 is 2.33 bits per heavy atom. The van der Waals surface area contributed by atoms with E-state index in [0.29, 0.717) is 21.5 Å². The topological polar surface area (TPSA) is 0 Å². The van der Waals surface area contributed by atoms with Gasteiger partial charge in [0.2, 0.25) is 0 Å². The van der Waals surface area contributed by atoms with Gasteiger partial charge >= 0.3 is 6.18 Å². The Hall–Kier alpha value is 0.260. The van der Waals surface area contributed by atoms with Crippen molar-refractivity contribution in [2.45, 2.75) is 23.4 Å². The number of alkyl halides is 4. The molecule has 68 valence electrons. The van der Waals surface area contributed by atoms with Crippen LogP contribution in [0.15, 0.2) is 11.1 Å². The average Bonchev–Trinajstić information content (AvgIpc) is 2.32. The molecule has 2 aliphatic carbocycles. The number of rotatable bonds is 1. The van der Waals surface area contributed by atoms with Crippen molar-refractivity contribution in [1.82, 2.24) is 0 Å². The molecule has 0 saturated carbocycles. The molecule has 2 aliphatic rings. The summed E-state index contributed by atoms with van der Waals surface area (Å²) in [4.78, 5) is 0. The number of hydrogen-bond donors (Lipinski definition) is 0. The molecule has 0 radical (unpaired) electrons. The highest BCUT2D eigenvalue weighted by Gasteiger charge is 2.62. The zero-order valence-electron chi connectivity index (χ0n) is 6.45. The average molecular weight is 288 g/mol. The van der Waals surface area contributed by atoms with Crippen molar-refractivity contribution in [1.29, 1.82) is 0 Å². The van der Waals surface area contributed by atoms with Gasteiger partial charge in [-0.3, -0.25) is 0 Å². The Kier molecular flexibility index (Phi) is 1.76. The standard InChI is InChI=1S/C8H8F3I/c1-3(12)4-2-5-6(4)7(5)8(9,10)11/h3-4,7H,2H2,1H3. The van der Waals surface area contributed by atoms with Gasteiger partial charge in [0, 0.05) is 3.92 Å². The minimum atomic E-state index is -4.00. The second-order valence-corrected chi connectivity index (χ2v) is 5.41. The monoisotopic (exact) mass is 288 g/mol. The summed E-state index contributed by atoms with van der Waals surface area (Å²) in [5, 5.41) is 0. The van der Waals surface area contributed by atoms with Gasteiger partial charge in [-0.1, -0.05) is 35.1 Å². The van der Waals surface area contributed by atoms with Crippen LogP contribution >= 0.6 is 22.6 Å². The first-order chi connectivity index (χ1) is 5.43. The van der Waals surface area contributed by atoms with Gasteiger partial charge in [0.25, 0.3) is 0 Å². The highest BCUT2D eigenvalue weighted by molar-refractivity contribution is 14.1. The molecule has 0 amide bonds. The van der Waals surface area contributed by atoms with Crippen molar-refractivity contribution < 1.29 is 13.2 Å². The second kappa shape index (κ2) is 2.39. The third kappa shape index (κ3) is 1.10. The molecule has 0 nitrogen and oxygen atoms in total. The van der Waals surface area contributed by atoms with E-state index in [4.69, 9.17) is 0 Å². The van der Waals surface area contributed by atoms with E-state index in [2.05, 4.69) is 22.6 Å². The van der Waals surface area contributed by atoms with Crippen molar-refractivity contribution in [3.63, 3.8) is 0 Å². The zero-order valence-corrected chi connectivity index (χ0v) is 8.61. The summed E-state index contributed by atoms with van der Waals surface area (Å²) in [6, 6.07) is 0. The van der Waals surface area contributed by atoms with E-state index >= 15 is 0 Å². The molecule has 0 spiro atoms. The largest absolute Gasteiger partial charge is 0.399 e. The summed E-state index contributed by atoms with van der Waals surface area (Å²) in [5.74, 6) is -0.896. The van der Waals surface area contributed by atoms with Crippen LogP contribution in [0.4, 0.5) is 13.2 Å². The lowest BCUT2D eigenvalue weighted by atomic mass is 9.93. The quantitative estimate of drug-likeness (QED) is 0.394. The minimum Gasteiger partial charge on any atom is -0.170 e. The van der Waals surface area contributed by atoms with E-state index in [9.17, 15) is 13.2 Å². The first-order valence-electron chi connectivity index (χ1n) is 3.86. The lowest BCUT2D eigenvalue weighted by Crippen LogP contribution is -2.15. The molecule has 3 unspecified atom stereocenters. The Bertz CT molecular complexity index is 252. The van der Waals surface area contributed by atoms with Crippen molar-refractivity contribution in [3.05, 3.63) is 11.1 Å². The summed E-state index contributed by atoms with van der Waals surface area (Å²) in [7, 11) is 0. The van der Waals surface area contributed by atoms with Crippen LogP contribution in [0.1, 0.15) is 13.3 Å². The predicted octanol–water partition coefficient (Wildman–Crippen LogP) is 3.32. The molecule has 2 rings (SSSR count). The van der Waals surface area contributed by atoms with E-state index in [1.807, 2.05) is 6.92 Å². The van der Waals surface area contributed by atoms with Crippen molar-refractivity contribution in [3.8, 4) is 0 Å². The molecule has 0 N–H and O–H groups in total. The molecule has 0 aliphatic heterocycles. The van der Waals surface area contributed by atoms with Gasteiger partial charge in [-0.2, -0.15) is 13.2 Å². The van der Waals surface area contributed by atoms with Gasteiger partial charge in [-0.15, -0.1) is 0 Å². The van der Waals surface area contributed by atoms with E-state index in [0.717, 1.165) is 0 Å². The Balaban J connectivity index is 2.01. The molecular formula is C8H8F3I. The third-order valence-corrected chi connectivity index (χ3v) is 3.54. The lowest BCUT2D eigenvalue weighted by molar-refractivity contribution is -0.142. The second-order valence-electron chi connectivity index (χ2n) is 3.44. The maximum Gasteiger partial charge on any atom is 0.399 e. The molecule has 0 bridgehead atoms. The number of halogens is 4. The summed E-state index contributed by atoms with van der Waals surface area (Å²) >= 11 is 2.20. The molecular weight excluding hydrogens is 280 g/mol. The van der Waals surface area contributed by atoms with Crippen molar-refractivity contribution in [2.24, 2.45) is 11.8 Å². The Morgan fingerprint density at radius 2 is 2.08 bits per heavy atom. The van der Waals surface area contributed by atoms with Crippen LogP contribution in [0.3, 0.4) is 0 Å². The Morgan fingerprint density at radius 1 is 1.50 bits per heavy atom. The molecule has 12 heavy (non-hydrogen) atoms. The van der Waals surface area contributed by atoms with Crippen LogP contribution in [0.5, 0.6) is 0 Å². The van der Waals surface area contributed by atoms with E-state index in [-0.39, 0.29) is 5.92 Å². The SMILES string of the molecule is CC(I)C1CC2=C1C2C(F)(F)F. The molecule has 0 heterocycles. The van der Waals surface area contributed by atoms with Crippen LogP contribution in [0.2, 0.25) is 0 Å². The highest BCUT2D eigenvalue weighted by atomic mass is 127. The Labute approximate surface area is 82.4 Å². The molecule has 0 aromatic carbocycles. The van der Waals surface area contributed by atoms with E-state index in [1.54, 1.807) is 0 Å². The van der Waals surface area contributed by atoms with Crippen molar-refractivity contribution >= 4 is 22.6 Å². The predicted molar refractivity (Wildman–Crippen MR) is 48.2 cm³/mol. The summed E-state index contributed by atoms with van der Waals surface area (Å²) in [6.45, 7) is 1.97. The van der Waals surface area contributed by atoms with Gasteiger partial charge in [0.15, 0.2) is 0 Å². The van der Waals surface area contributed by atoms with Crippen LogP contribution in [-0.4, -0.2) is 10.1 Å². The van der Waals surface area contributed by atoms with Crippen molar-refractivity contribution in [2.75, 3.05) is 0 Å². The molecule has 4 heteroatoms. The molecule has 0 aromatic rings. The minimum absolute atomic E-state index is 0.215. The van der Waals surface area contributed by atoms with Crippen LogP contribution < -0.4 is 0 Å². The fraction of sp³-hybridized carbons (Fsp3) is 0.750. The van der Waals surface area contributed by atoms with Crippen LogP contribution in [0, 0.1) is 11.8 Å². The summed E-state index contributed by atoms with van der Waals surface area (Å²) in [5.41, 5.74) is 1.38. The van der Waals surface area contributed by atoms with Gasteiger partial charge in [0.05, 0.1) is 5.92 Å². The smallest absolute Gasteiger partial charge is 0.170 e. The molecule has 0 fully saturated rings. The fourth-order valence-corrected chi connectivity index (χ4v) is 2.62. The number of hydrogen-bond acceptors (Lipinski definition) is 0. The van der Waals surface area contributed by atoms with Gasteiger partial charge in [0.1, 0.15) is 0 Å². The van der Waals surface area contributed by atoms with Gasteiger partial charge in [-0.05, 0) is 17.9 Å². The molecule has 0 saturated heterocycles. The maximum atomic E-state index is 12.2. The fourth-order valence-electron chi connectivity index (χ4n) is 1.97. The maximum absolute atomic E-state index is 12.2. The van der Waals surface area contributed by atoms with Crippen LogP contribution in [-0.2, 0) is 0 Å². The summed E-state index contributed by atoms with van der Waals surface area (Å²) in [6.07, 6.45) is -3.31. The summed E-state index contributed by atoms with van der Waals surface area (Å²) < 4.78 is 36.9. The number of allylic oxidation sites excluding steroid dienone is 2. The van der Waals surface area contributed by atoms with Gasteiger partial charge < -0.3 is 0 Å². The molecule has 0 aromatic heterocycles. The first kappa shape index (κ1) is 8.84. The lowest BCUT2D eigenvalue weighted by Gasteiger charge is -2.18. The normalized spacial score (nSPS) is 35.8. The molecule has 3 atom stereocenters. The highest BCUT2D eigenvalue weighted by Crippen LogP contribution is 2.65. The van der Waals surface area contributed by atoms with Gasteiger partial charge in [-0.25, -0.2) is 0 Å². The van der Waals surface area contributed by atoms with E-state index < -0.39 is 12.1 Å². The zero-order chi connectivity index (χ0) is 9.09. The van der Waals surface area contributed by atoms with E-state index in [1.165, 1.54) is 0 Å². The third-order valence-electron chi connectivity index (χ3n) is 2.67.